The molecule has 1 heterocycles. The van der Waals surface area contributed by atoms with Crippen LogP contribution in [0.25, 0.3) is 0 Å². The molecule has 1 aromatic heterocycles. The fraction of sp³-hybridized carbons (Fsp3) is 0.375. The third kappa shape index (κ3) is 5.08. The average Bonchev–Trinajstić information content (AvgIpc) is 2.05. The first kappa shape index (κ1) is 12.7. The molecule has 74 valence electrons. The summed E-state index contributed by atoms with van der Waals surface area (Å²) in [5.74, 6) is 0.776. The fourth-order valence-corrected chi connectivity index (χ4v) is 1.09. The Morgan fingerprint density at radius 1 is 1.46 bits per heavy atom. The van der Waals surface area contributed by atoms with E-state index in [0.717, 1.165) is 16.6 Å². The van der Waals surface area contributed by atoms with Crippen molar-refractivity contribution in [2.45, 2.75) is 6.42 Å². The van der Waals surface area contributed by atoms with Gasteiger partial charge in [-0.2, -0.15) is 0 Å². The summed E-state index contributed by atoms with van der Waals surface area (Å²) in [6.45, 7) is 1.30. The standard InChI is InChI=1S/C8H11BrN2O.ClH/c9-7-4-8(6-11-5-7)12-3-1-2-10;/h4-6H,1-3,10H2;1H. The molecule has 0 aromatic carbocycles. The molecule has 0 amide bonds. The minimum Gasteiger partial charge on any atom is -0.492 e. The van der Waals surface area contributed by atoms with Crippen molar-refractivity contribution in [3.8, 4) is 5.75 Å². The number of nitrogens with two attached hydrogens (primary N) is 1. The molecule has 0 radical (unpaired) electrons. The van der Waals surface area contributed by atoms with Crippen molar-refractivity contribution in [2.75, 3.05) is 13.2 Å². The zero-order valence-electron chi connectivity index (χ0n) is 7.07. The van der Waals surface area contributed by atoms with Crippen LogP contribution in [0.1, 0.15) is 6.42 Å². The topological polar surface area (TPSA) is 48.1 Å². The molecule has 0 saturated carbocycles. The van der Waals surface area contributed by atoms with E-state index >= 15 is 0 Å². The number of aromatic nitrogens is 1. The van der Waals surface area contributed by atoms with E-state index in [1.165, 1.54) is 0 Å². The lowest BCUT2D eigenvalue weighted by atomic mass is 10.4. The van der Waals surface area contributed by atoms with Crippen LogP contribution in [0.5, 0.6) is 5.75 Å². The van der Waals surface area contributed by atoms with Gasteiger partial charge in [-0.3, -0.25) is 4.98 Å². The molecule has 0 aliphatic carbocycles. The predicted molar refractivity (Wildman–Crippen MR) is 58.4 cm³/mol. The maximum atomic E-state index is 5.35. The molecular weight excluding hydrogens is 255 g/mol. The molecule has 3 nitrogen and oxygen atoms in total. The van der Waals surface area contributed by atoms with Crippen molar-refractivity contribution in [1.29, 1.82) is 0 Å². The third-order valence-corrected chi connectivity index (χ3v) is 1.73. The number of hydrogen-bond acceptors (Lipinski definition) is 3. The highest BCUT2D eigenvalue weighted by Crippen LogP contribution is 2.15. The SMILES string of the molecule is Cl.NCCCOc1cncc(Br)c1. The van der Waals surface area contributed by atoms with Crippen molar-refractivity contribution in [3.63, 3.8) is 0 Å². The van der Waals surface area contributed by atoms with Crippen molar-refractivity contribution in [2.24, 2.45) is 5.73 Å². The quantitative estimate of drug-likeness (QED) is 0.849. The third-order valence-electron chi connectivity index (χ3n) is 1.30. The second kappa shape index (κ2) is 7.12. The summed E-state index contributed by atoms with van der Waals surface area (Å²) in [5.41, 5.74) is 5.32. The van der Waals surface area contributed by atoms with E-state index in [1.54, 1.807) is 12.4 Å². The number of hydrogen-bond donors (Lipinski definition) is 1. The van der Waals surface area contributed by atoms with E-state index in [9.17, 15) is 0 Å². The van der Waals surface area contributed by atoms with Crippen LogP contribution in [0, 0.1) is 0 Å². The van der Waals surface area contributed by atoms with Crippen LogP contribution in [-0.4, -0.2) is 18.1 Å². The molecule has 5 heteroatoms. The van der Waals surface area contributed by atoms with Gasteiger partial charge < -0.3 is 10.5 Å². The smallest absolute Gasteiger partial charge is 0.138 e. The molecule has 0 aliphatic heterocycles. The highest BCUT2D eigenvalue weighted by molar-refractivity contribution is 9.10. The summed E-state index contributed by atoms with van der Waals surface area (Å²) >= 11 is 3.30. The molecule has 1 aromatic rings. The van der Waals surface area contributed by atoms with Gasteiger partial charge in [-0.15, -0.1) is 12.4 Å². The first-order valence-corrected chi connectivity index (χ1v) is 4.55. The summed E-state index contributed by atoms with van der Waals surface area (Å²) in [6.07, 6.45) is 4.27. The van der Waals surface area contributed by atoms with E-state index < -0.39 is 0 Å². The van der Waals surface area contributed by atoms with Crippen molar-refractivity contribution in [1.82, 2.24) is 4.98 Å². The average molecular weight is 268 g/mol. The Balaban J connectivity index is 0.00000144. The molecule has 13 heavy (non-hydrogen) atoms. The van der Waals surface area contributed by atoms with Crippen LogP contribution >= 0.6 is 28.3 Å². The lowest BCUT2D eigenvalue weighted by Gasteiger charge is -2.03. The zero-order valence-corrected chi connectivity index (χ0v) is 9.47. The second-order valence-electron chi connectivity index (χ2n) is 2.33. The van der Waals surface area contributed by atoms with Gasteiger partial charge in [0.15, 0.2) is 0 Å². The molecule has 0 aliphatic rings. The summed E-state index contributed by atoms with van der Waals surface area (Å²) in [6, 6.07) is 1.88. The van der Waals surface area contributed by atoms with Gasteiger partial charge in [-0.25, -0.2) is 0 Å². The largest absolute Gasteiger partial charge is 0.492 e. The van der Waals surface area contributed by atoms with E-state index in [2.05, 4.69) is 20.9 Å². The fourth-order valence-electron chi connectivity index (χ4n) is 0.745. The van der Waals surface area contributed by atoms with Crippen LogP contribution in [0.4, 0.5) is 0 Å². The Morgan fingerprint density at radius 3 is 2.85 bits per heavy atom. The molecular formula is C8H12BrClN2O. The van der Waals surface area contributed by atoms with E-state index in [4.69, 9.17) is 10.5 Å². The highest BCUT2D eigenvalue weighted by atomic mass is 79.9. The lowest BCUT2D eigenvalue weighted by molar-refractivity contribution is 0.312. The summed E-state index contributed by atoms with van der Waals surface area (Å²) in [4.78, 5) is 3.96. The molecule has 0 saturated heterocycles. The normalized spacial score (nSPS) is 9.08. The van der Waals surface area contributed by atoms with Crippen LogP contribution in [0.2, 0.25) is 0 Å². The van der Waals surface area contributed by atoms with E-state index in [0.29, 0.717) is 13.2 Å². The van der Waals surface area contributed by atoms with Crippen LogP contribution in [-0.2, 0) is 0 Å². The van der Waals surface area contributed by atoms with Gasteiger partial charge in [0.05, 0.1) is 12.8 Å². The monoisotopic (exact) mass is 266 g/mol. The summed E-state index contributed by atoms with van der Waals surface area (Å²) in [5, 5.41) is 0. The summed E-state index contributed by atoms with van der Waals surface area (Å²) in [7, 11) is 0. The zero-order chi connectivity index (χ0) is 8.81. The Labute approximate surface area is 92.2 Å². The number of halogens is 2. The van der Waals surface area contributed by atoms with Gasteiger partial charge in [0, 0.05) is 10.7 Å². The van der Waals surface area contributed by atoms with Crippen molar-refractivity contribution in [3.05, 3.63) is 22.9 Å². The van der Waals surface area contributed by atoms with Gasteiger partial charge in [0.2, 0.25) is 0 Å². The van der Waals surface area contributed by atoms with Gasteiger partial charge in [0.25, 0.3) is 0 Å². The summed E-state index contributed by atoms with van der Waals surface area (Å²) < 4.78 is 6.28. The van der Waals surface area contributed by atoms with Gasteiger partial charge >= 0.3 is 0 Å². The Bertz CT molecular complexity index is 247. The van der Waals surface area contributed by atoms with Gasteiger partial charge in [0.1, 0.15) is 5.75 Å². The highest BCUT2D eigenvalue weighted by Gasteiger charge is 1.93. The molecule has 0 fully saturated rings. The number of rotatable bonds is 4. The van der Waals surface area contributed by atoms with Crippen LogP contribution < -0.4 is 10.5 Å². The molecule has 2 N–H and O–H groups in total. The Morgan fingerprint density at radius 2 is 2.23 bits per heavy atom. The Hall–Kier alpha value is -0.320. The molecule has 0 spiro atoms. The maximum Gasteiger partial charge on any atom is 0.138 e. The number of ether oxygens (including phenoxy) is 1. The minimum atomic E-state index is 0. The van der Waals surface area contributed by atoms with E-state index in [-0.39, 0.29) is 12.4 Å². The van der Waals surface area contributed by atoms with E-state index in [1.807, 2.05) is 6.07 Å². The van der Waals surface area contributed by atoms with Crippen LogP contribution in [0.3, 0.4) is 0 Å². The minimum absolute atomic E-state index is 0. The molecule has 1 rings (SSSR count). The Kier molecular flexibility index (Phi) is 6.94. The van der Waals surface area contributed by atoms with Crippen molar-refractivity contribution < 1.29 is 4.74 Å². The molecule has 0 bridgehead atoms. The first-order valence-electron chi connectivity index (χ1n) is 3.76. The second-order valence-corrected chi connectivity index (χ2v) is 3.25. The van der Waals surface area contributed by atoms with Gasteiger partial charge in [-0.05, 0) is 35.0 Å². The van der Waals surface area contributed by atoms with Crippen LogP contribution in [0.15, 0.2) is 22.9 Å². The molecule has 0 atom stereocenters. The maximum absolute atomic E-state index is 5.35. The molecule has 0 unspecified atom stereocenters. The lowest BCUT2D eigenvalue weighted by Crippen LogP contribution is -2.06. The van der Waals surface area contributed by atoms with Gasteiger partial charge in [-0.1, -0.05) is 0 Å². The predicted octanol–water partition coefficient (Wildman–Crippen LogP) is 1.99. The number of nitrogens with zero attached hydrogens (tertiary/aromatic N) is 1. The number of pyridine rings is 1. The first-order chi connectivity index (χ1) is 5.83. The van der Waals surface area contributed by atoms with Crippen molar-refractivity contribution >= 4 is 28.3 Å².